The average molecular weight is 154 g/mol. The van der Waals surface area contributed by atoms with E-state index in [1.54, 1.807) is 24.5 Å². The summed E-state index contributed by atoms with van der Waals surface area (Å²) in [5.41, 5.74) is 6.01. The van der Waals surface area contributed by atoms with Gasteiger partial charge in [0.15, 0.2) is 0 Å². The molecule has 0 aliphatic heterocycles. The Morgan fingerprint density at radius 1 is 1.73 bits per heavy atom. The predicted molar refractivity (Wildman–Crippen MR) is 42.0 cm³/mol. The third-order valence-electron chi connectivity index (χ3n) is 0.684. The molecule has 0 bridgehead atoms. The van der Waals surface area contributed by atoms with E-state index in [1.807, 2.05) is 0 Å². The van der Waals surface area contributed by atoms with E-state index >= 15 is 0 Å². The Bertz CT molecular complexity index is 207. The number of hydrogen-bond acceptors (Lipinski definition) is 3. The predicted octanol–water partition coefficient (Wildman–Crippen LogP) is 0.755. The van der Waals surface area contributed by atoms with Crippen molar-refractivity contribution in [2.45, 2.75) is 6.92 Å². The second kappa shape index (κ2) is 5.22. The van der Waals surface area contributed by atoms with E-state index in [-0.39, 0.29) is 0 Å². The Hall–Kier alpha value is -1.58. The maximum atomic E-state index is 9.00. The van der Waals surface area contributed by atoms with Gasteiger partial charge in [-0.25, -0.2) is 0 Å². The molecule has 0 unspecified atom stereocenters. The normalized spacial score (nSPS) is 7.73. The number of aromatic nitrogens is 1. The highest BCUT2D eigenvalue weighted by Gasteiger charge is 1.73. The lowest BCUT2D eigenvalue weighted by Gasteiger charge is -1.83. The van der Waals surface area contributed by atoms with E-state index in [1.165, 1.54) is 0 Å². The van der Waals surface area contributed by atoms with E-state index in [0.29, 0.717) is 5.69 Å². The Labute approximate surface area is 64.7 Å². The lowest BCUT2D eigenvalue weighted by atomic mass is 10.4. The maximum absolute atomic E-state index is 9.00. The van der Waals surface area contributed by atoms with Gasteiger partial charge in [0.05, 0.1) is 5.69 Å². The van der Waals surface area contributed by atoms with E-state index in [4.69, 9.17) is 15.6 Å². The molecule has 4 heteroatoms. The molecule has 1 aromatic heterocycles. The Kier molecular flexibility index (Phi) is 4.47. The van der Waals surface area contributed by atoms with Gasteiger partial charge >= 0.3 is 0 Å². The van der Waals surface area contributed by atoms with Crippen molar-refractivity contribution in [3.05, 3.63) is 24.5 Å². The van der Waals surface area contributed by atoms with Crippen LogP contribution in [0.25, 0.3) is 0 Å². The Morgan fingerprint density at radius 3 is 2.45 bits per heavy atom. The van der Waals surface area contributed by atoms with Crippen LogP contribution in [0.2, 0.25) is 0 Å². The van der Waals surface area contributed by atoms with Gasteiger partial charge in [-0.15, -0.1) is 0 Å². The molecule has 0 saturated heterocycles. The van der Waals surface area contributed by atoms with Crippen LogP contribution in [-0.2, 0) is 4.79 Å². The Balaban J connectivity index is 0.000000218. The highest BCUT2D eigenvalue weighted by atomic mass is 16.4. The summed E-state index contributed by atoms with van der Waals surface area (Å²) < 4.78 is 0. The lowest BCUT2D eigenvalue weighted by molar-refractivity contribution is -0.134. The molecule has 1 heterocycles. The number of nitrogen functional groups attached to an aromatic ring is 1. The number of hydrogen-bond donors (Lipinski definition) is 2. The van der Waals surface area contributed by atoms with Crippen LogP contribution in [0.3, 0.4) is 0 Å². The largest absolute Gasteiger partial charge is 0.481 e. The number of aliphatic carboxylic acids is 1. The number of carbonyl (C=O) groups is 1. The first-order chi connectivity index (χ1) is 5.13. The average Bonchev–Trinajstić information content (AvgIpc) is 1.87. The molecule has 0 aromatic carbocycles. The van der Waals surface area contributed by atoms with Crippen LogP contribution in [-0.4, -0.2) is 16.1 Å². The van der Waals surface area contributed by atoms with Gasteiger partial charge in [-0.05, 0) is 12.1 Å². The number of pyridine rings is 1. The number of anilines is 1. The molecule has 0 fully saturated rings. The fourth-order valence-electron chi connectivity index (χ4n) is 0.376. The number of nitrogens with two attached hydrogens (primary N) is 1. The van der Waals surface area contributed by atoms with Crippen molar-refractivity contribution in [1.82, 2.24) is 4.98 Å². The summed E-state index contributed by atoms with van der Waals surface area (Å²) in [6, 6.07) is 3.60. The van der Waals surface area contributed by atoms with Crippen LogP contribution in [0.5, 0.6) is 0 Å². The van der Waals surface area contributed by atoms with Gasteiger partial charge in [0.25, 0.3) is 5.97 Å². The highest BCUT2D eigenvalue weighted by molar-refractivity contribution is 5.62. The molecule has 0 atom stereocenters. The van der Waals surface area contributed by atoms with Crippen molar-refractivity contribution in [2.24, 2.45) is 0 Å². The van der Waals surface area contributed by atoms with Crippen LogP contribution in [0.15, 0.2) is 24.5 Å². The zero-order valence-corrected chi connectivity index (χ0v) is 6.19. The molecule has 0 aliphatic carbocycles. The van der Waals surface area contributed by atoms with Crippen molar-refractivity contribution in [2.75, 3.05) is 5.73 Å². The van der Waals surface area contributed by atoms with Crippen molar-refractivity contribution in [1.29, 1.82) is 0 Å². The van der Waals surface area contributed by atoms with Crippen LogP contribution in [0.4, 0.5) is 5.69 Å². The summed E-state index contributed by atoms with van der Waals surface area (Å²) in [6.45, 7) is 1.08. The second-order valence-corrected chi connectivity index (χ2v) is 1.81. The molecular formula is C7H10N2O2. The minimum atomic E-state index is -0.833. The van der Waals surface area contributed by atoms with Gasteiger partial charge < -0.3 is 10.8 Å². The standard InChI is InChI=1S/C5H6N2.C2H4O2/c6-5-2-1-3-7-4-5;1-2(3)4/h1-4H,6H2;1H3,(H,3,4). The van der Waals surface area contributed by atoms with Gasteiger partial charge in [-0.3, -0.25) is 9.78 Å². The zero-order chi connectivity index (χ0) is 8.69. The van der Waals surface area contributed by atoms with Gasteiger partial charge in [-0.2, -0.15) is 0 Å². The van der Waals surface area contributed by atoms with Crippen LogP contribution < -0.4 is 5.73 Å². The van der Waals surface area contributed by atoms with Crippen molar-refractivity contribution in [3.63, 3.8) is 0 Å². The molecule has 0 radical (unpaired) electrons. The quantitative estimate of drug-likeness (QED) is 0.578. The molecule has 4 nitrogen and oxygen atoms in total. The third-order valence-corrected chi connectivity index (χ3v) is 0.684. The molecule has 0 aliphatic rings. The molecule has 1 aromatic rings. The molecule has 0 spiro atoms. The smallest absolute Gasteiger partial charge is 0.300 e. The number of rotatable bonds is 0. The molecule has 11 heavy (non-hydrogen) atoms. The molecule has 3 N–H and O–H groups in total. The summed E-state index contributed by atoms with van der Waals surface area (Å²) in [6.07, 6.45) is 3.30. The van der Waals surface area contributed by atoms with E-state index < -0.39 is 5.97 Å². The van der Waals surface area contributed by atoms with Gasteiger partial charge in [0.1, 0.15) is 0 Å². The van der Waals surface area contributed by atoms with E-state index in [9.17, 15) is 0 Å². The SMILES string of the molecule is CC(=O)O.Nc1cccnc1. The third kappa shape index (κ3) is 8.42. The minimum absolute atomic E-state index is 0.711. The van der Waals surface area contributed by atoms with E-state index in [0.717, 1.165) is 6.92 Å². The first kappa shape index (κ1) is 9.42. The van der Waals surface area contributed by atoms with Crippen LogP contribution in [0.1, 0.15) is 6.92 Å². The number of nitrogens with zero attached hydrogens (tertiary/aromatic N) is 1. The molecule has 1 rings (SSSR count). The van der Waals surface area contributed by atoms with Crippen LogP contribution >= 0.6 is 0 Å². The van der Waals surface area contributed by atoms with E-state index in [2.05, 4.69) is 4.98 Å². The molecule has 0 saturated carbocycles. The van der Waals surface area contributed by atoms with Crippen molar-refractivity contribution in [3.8, 4) is 0 Å². The highest BCUT2D eigenvalue weighted by Crippen LogP contribution is 1.92. The summed E-state index contributed by atoms with van der Waals surface area (Å²) in [4.78, 5) is 12.8. The molecule has 60 valence electrons. The summed E-state index contributed by atoms with van der Waals surface area (Å²) in [5.74, 6) is -0.833. The maximum Gasteiger partial charge on any atom is 0.300 e. The van der Waals surface area contributed by atoms with Crippen molar-refractivity contribution < 1.29 is 9.90 Å². The van der Waals surface area contributed by atoms with Crippen LogP contribution in [0, 0.1) is 0 Å². The monoisotopic (exact) mass is 154 g/mol. The second-order valence-electron chi connectivity index (χ2n) is 1.81. The Morgan fingerprint density at radius 2 is 2.27 bits per heavy atom. The zero-order valence-electron chi connectivity index (χ0n) is 6.19. The topological polar surface area (TPSA) is 76.2 Å². The van der Waals surface area contributed by atoms with Crippen molar-refractivity contribution >= 4 is 11.7 Å². The number of carboxylic acids is 1. The van der Waals surface area contributed by atoms with Gasteiger partial charge in [-0.1, -0.05) is 0 Å². The van der Waals surface area contributed by atoms with Gasteiger partial charge in [0.2, 0.25) is 0 Å². The minimum Gasteiger partial charge on any atom is -0.481 e. The molecule has 0 amide bonds. The first-order valence-corrected chi connectivity index (χ1v) is 2.98. The fourth-order valence-corrected chi connectivity index (χ4v) is 0.376. The fraction of sp³-hybridized carbons (Fsp3) is 0.143. The lowest BCUT2D eigenvalue weighted by Crippen LogP contribution is -1.82. The summed E-state index contributed by atoms with van der Waals surface area (Å²) in [7, 11) is 0. The molecular weight excluding hydrogens is 144 g/mol. The number of carboxylic acid groups (broad SMARTS) is 1. The first-order valence-electron chi connectivity index (χ1n) is 2.98. The van der Waals surface area contributed by atoms with Gasteiger partial charge in [0, 0.05) is 19.3 Å². The summed E-state index contributed by atoms with van der Waals surface area (Å²) in [5, 5.41) is 7.42. The summed E-state index contributed by atoms with van der Waals surface area (Å²) >= 11 is 0.